The molecule has 3 aliphatic rings. The summed E-state index contributed by atoms with van der Waals surface area (Å²) < 4.78 is 0. The number of rotatable bonds is 1. The highest BCUT2D eigenvalue weighted by Crippen LogP contribution is 2.42. The number of hydrogen-bond acceptors (Lipinski definition) is 3. The lowest BCUT2D eigenvalue weighted by atomic mass is 9.75. The monoisotopic (exact) mass is 314 g/mol. The number of nitrogens with zero attached hydrogens (tertiary/aromatic N) is 3. The van der Waals surface area contributed by atoms with Crippen LogP contribution < -0.4 is 0 Å². The van der Waals surface area contributed by atoms with E-state index >= 15 is 0 Å². The van der Waals surface area contributed by atoms with Gasteiger partial charge < -0.3 is 9.88 Å². The zero-order valence-electron chi connectivity index (χ0n) is 12.3. The lowest BCUT2D eigenvalue weighted by Gasteiger charge is -2.44. The fourth-order valence-electron chi connectivity index (χ4n) is 4.26. The average Bonchev–Trinajstić information content (AvgIpc) is 3.00. The van der Waals surface area contributed by atoms with E-state index in [-0.39, 0.29) is 12.4 Å². The van der Waals surface area contributed by atoms with E-state index in [1.165, 1.54) is 43.4 Å². The molecule has 22 heavy (non-hydrogen) atoms. The molecule has 5 heteroatoms. The van der Waals surface area contributed by atoms with Crippen LogP contribution in [0.4, 0.5) is 0 Å². The Balaban J connectivity index is 0.00000125. The van der Waals surface area contributed by atoms with Crippen molar-refractivity contribution >= 4 is 34.3 Å². The molecule has 2 aromatic heterocycles. The quantitative estimate of drug-likeness (QED) is 0.749. The van der Waals surface area contributed by atoms with E-state index in [9.17, 15) is 0 Å². The van der Waals surface area contributed by atoms with Crippen LogP contribution in [-0.4, -0.2) is 39.5 Å². The number of fused-ring (bicyclic) bond motifs is 6. The van der Waals surface area contributed by atoms with E-state index in [2.05, 4.69) is 38.2 Å². The van der Waals surface area contributed by atoms with Gasteiger partial charge >= 0.3 is 0 Å². The first kappa shape index (κ1) is 14.0. The highest BCUT2D eigenvalue weighted by atomic mass is 35.5. The molecule has 1 atom stereocenters. The maximum Gasteiger partial charge on any atom is 0.0962 e. The van der Waals surface area contributed by atoms with Crippen LogP contribution in [-0.2, 0) is 0 Å². The van der Waals surface area contributed by atoms with Crippen molar-refractivity contribution in [2.45, 2.75) is 18.8 Å². The molecule has 1 N–H and O–H groups in total. The Labute approximate surface area is 135 Å². The number of nitrogens with one attached hydrogen (secondary N) is 1. The minimum atomic E-state index is 0. The van der Waals surface area contributed by atoms with Crippen LogP contribution in [0.2, 0.25) is 0 Å². The zero-order valence-corrected chi connectivity index (χ0v) is 13.1. The smallest absolute Gasteiger partial charge is 0.0962 e. The van der Waals surface area contributed by atoms with Crippen molar-refractivity contribution in [1.29, 1.82) is 0 Å². The van der Waals surface area contributed by atoms with Gasteiger partial charge in [0.25, 0.3) is 0 Å². The number of piperidine rings is 3. The van der Waals surface area contributed by atoms with Crippen LogP contribution >= 0.6 is 12.4 Å². The van der Waals surface area contributed by atoms with Crippen molar-refractivity contribution in [2.24, 2.45) is 5.92 Å². The summed E-state index contributed by atoms with van der Waals surface area (Å²) in [6, 6.07) is 4.19. The first-order valence-electron chi connectivity index (χ1n) is 7.83. The lowest BCUT2D eigenvalue weighted by Crippen LogP contribution is -2.46. The van der Waals surface area contributed by atoms with Crippen LogP contribution in [0.3, 0.4) is 0 Å². The number of aromatic amines is 1. The summed E-state index contributed by atoms with van der Waals surface area (Å²) in [5, 5.41) is 1.27. The lowest BCUT2D eigenvalue weighted by molar-refractivity contribution is 0.0877. The first-order valence-corrected chi connectivity index (χ1v) is 7.83. The predicted molar refractivity (Wildman–Crippen MR) is 90.5 cm³/mol. The van der Waals surface area contributed by atoms with E-state index in [0.29, 0.717) is 5.92 Å². The minimum Gasteiger partial charge on any atom is -0.358 e. The Morgan fingerprint density at radius 1 is 1.14 bits per heavy atom. The molecule has 0 amide bonds. The molecule has 3 fully saturated rings. The molecule has 0 spiro atoms. The molecule has 2 bridgehead atoms. The number of benzene rings is 1. The molecule has 0 saturated carbocycles. The second kappa shape index (κ2) is 5.21. The second-order valence-electron chi connectivity index (χ2n) is 6.40. The SMILES string of the molecule is Cl.c1c[nH]c2ccc3ncc(C4CN5CCC4CC5)c3c2n1. The van der Waals surface area contributed by atoms with Crippen LogP contribution in [0.1, 0.15) is 24.3 Å². The van der Waals surface area contributed by atoms with Crippen LogP contribution in [0.15, 0.2) is 30.7 Å². The summed E-state index contributed by atoms with van der Waals surface area (Å²) in [5.41, 5.74) is 4.66. The summed E-state index contributed by atoms with van der Waals surface area (Å²) in [6.07, 6.45) is 8.50. The molecule has 0 radical (unpaired) electrons. The van der Waals surface area contributed by atoms with Gasteiger partial charge in [-0.3, -0.25) is 9.97 Å². The van der Waals surface area contributed by atoms with Gasteiger partial charge in [-0.2, -0.15) is 0 Å². The van der Waals surface area contributed by atoms with Gasteiger partial charge in [-0.1, -0.05) is 0 Å². The van der Waals surface area contributed by atoms with Crippen molar-refractivity contribution in [3.05, 3.63) is 36.3 Å². The number of H-pyrrole nitrogens is 1. The minimum absolute atomic E-state index is 0. The molecule has 0 aliphatic carbocycles. The van der Waals surface area contributed by atoms with Crippen molar-refractivity contribution in [2.75, 3.05) is 19.6 Å². The Kier molecular flexibility index (Phi) is 3.31. The molecule has 1 unspecified atom stereocenters. The van der Waals surface area contributed by atoms with E-state index in [1.54, 1.807) is 0 Å². The highest BCUT2D eigenvalue weighted by molar-refractivity contribution is 6.04. The summed E-state index contributed by atoms with van der Waals surface area (Å²) >= 11 is 0. The van der Waals surface area contributed by atoms with E-state index in [0.717, 1.165) is 22.5 Å². The highest BCUT2D eigenvalue weighted by Gasteiger charge is 2.36. The van der Waals surface area contributed by atoms with Crippen LogP contribution in [0.5, 0.6) is 0 Å². The summed E-state index contributed by atoms with van der Waals surface area (Å²) in [6.45, 7) is 3.75. The summed E-state index contributed by atoms with van der Waals surface area (Å²) in [4.78, 5) is 15.2. The van der Waals surface area contributed by atoms with Crippen molar-refractivity contribution in [3.63, 3.8) is 0 Å². The maximum atomic E-state index is 4.66. The fraction of sp³-hybridized carbons (Fsp3) is 0.412. The van der Waals surface area contributed by atoms with Gasteiger partial charge in [0.2, 0.25) is 0 Å². The third-order valence-corrected chi connectivity index (χ3v) is 5.36. The first-order chi connectivity index (χ1) is 10.4. The van der Waals surface area contributed by atoms with Crippen molar-refractivity contribution < 1.29 is 0 Å². The van der Waals surface area contributed by atoms with E-state index in [4.69, 9.17) is 0 Å². The molecule has 1 aromatic carbocycles. The summed E-state index contributed by atoms with van der Waals surface area (Å²) in [5.74, 6) is 1.45. The Bertz CT molecular complexity index is 820. The molecular formula is C17H19ClN4. The van der Waals surface area contributed by atoms with Gasteiger partial charge in [-0.15, -0.1) is 12.4 Å². The standard InChI is InChI=1S/C17H18N4.ClH/c1-2-15-17(19-6-5-18-15)16-12(9-20-14(1)16)13-10-21-7-3-11(13)4-8-21;/h1-2,5-6,9,11,13,18H,3-4,7-8,10H2;1H. The summed E-state index contributed by atoms with van der Waals surface area (Å²) in [7, 11) is 0. The van der Waals surface area contributed by atoms with E-state index in [1.807, 2.05) is 12.4 Å². The number of hydrogen-bond donors (Lipinski definition) is 1. The average molecular weight is 315 g/mol. The zero-order chi connectivity index (χ0) is 13.8. The van der Waals surface area contributed by atoms with Gasteiger partial charge in [0, 0.05) is 36.4 Å². The van der Waals surface area contributed by atoms with Crippen LogP contribution in [0.25, 0.3) is 21.9 Å². The topological polar surface area (TPSA) is 44.8 Å². The fourth-order valence-corrected chi connectivity index (χ4v) is 4.26. The molecule has 3 aromatic rings. The Morgan fingerprint density at radius 3 is 2.77 bits per heavy atom. The molecule has 4 nitrogen and oxygen atoms in total. The Morgan fingerprint density at radius 2 is 2.00 bits per heavy atom. The third-order valence-electron chi connectivity index (χ3n) is 5.36. The van der Waals surface area contributed by atoms with Crippen molar-refractivity contribution in [3.8, 4) is 0 Å². The normalized spacial score (nSPS) is 27.2. The van der Waals surface area contributed by atoms with Gasteiger partial charge in [0.1, 0.15) is 0 Å². The molecule has 114 valence electrons. The number of halogens is 1. The predicted octanol–water partition coefficient (Wildman–Crippen LogP) is 3.34. The largest absolute Gasteiger partial charge is 0.358 e. The molecule has 3 aliphatic heterocycles. The van der Waals surface area contributed by atoms with Crippen LogP contribution in [0, 0.1) is 5.92 Å². The van der Waals surface area contributed by atoms with Crippen molar-refractivity contribution in [1.82, 2.24) is 19.9 Å². The Hall–Kier alpha value is -1.65. The molecule has 6 rings (SSSR count). The number of aromatic nitrogens is 3. The molecular weight excluding hydrogens is 296 g/mol. The maximum absolute atomic E-state index is 4.66. The molecule has 3 saturated heterocycles. The third kappa shape index (κ3) is 1.94. The van der Waals surface area contributed by atoms with Gasteiger partial charge in [0.05, 0.1) is 16.6 Å². The van der Waals surface area contributed by atoms with Gasteiger partial charge in [-0.05, 0) is 49.5 Å². The van der Waals surface area contributed by atoms with Gasteiger partial charge in [0.15, 0.2) is 0 Å². The molecule has 5 heterocycles. The second-order valence-corrected chi connectivity index (χ2v) is 6.40. The van der Waals surface area contributed by atoms with Gasteiger partial charge in [-0.25, -0.2) is 0 Å². The van der Waals surface area contributed by atoms with E-state index < -0.39 is 0 Å².